The number of fused-ring (bicyclic) bond motifs is 1. The smallest absolute Gasteiger partial charge is 0.0905 e. The second-order valence-electron chi connectivity index (χ2n) is 5.10. The number of aliphatic hydroxyl groups is 1. The Balaban J connectivity index is 1.95. The number of aryl methyl sites for hydroxylation is 1. The molecule has 1 saturated carbocycles. The molecule has 2 aliphatic rings. The molecular formula is C13H17NO. The average Bonchev–Trinajstić information content (AvgIpc) is 2.93. The van der Waals surface area contributed by atoms with Gasteiger partial charge in [-0.25, -0.2) is 0 Å². The molecule has 2 heteroatoms. The van der Waals surface area contributed by atoms with E-state index in [1.165, 1.54) is 18.4 Å². The van der Waals surface area contributed by atoms with E-state index >= 15 is 0 Å². The van der Waals surface area contributed by atoms with Crippen molar-refractivity contribution in [2.45, 2.75) is 37.7 Å². The van der Waals surface area contributed by atoms with Crippen LogP contribution in [0.2, 0.25) is 0 Å². The topological polar surface area (TPSA) is 46.2 Å². The van der Waals surface area contributed by atoms with E-state index in [0.717, 1.165) is 36.4 Å². The second kappa shape index (κ2) is 2.99. The van der Waals surface area contributed by atoms with Crippen LogP contribution in [0.1, 0.15) is 36.8 Å². The third-order valence-electron chi connectivity index (χ3n) is 3.76. The van der Waals surface area contributed by atoms with Crippen LogP contribution >= 0.6 is 0 Å². The molecule has 2 aliphatic carbocycles. The van der Waals surface area contributed by atoms with Crippen LogP contribution in [0.25, 0.3) is 0 Å². The number of benzene rings is 1. The Bertz CT molecular complexity index is 398. The van der Waals surface area contributed by atoms with E-state index in [0.29, 0.717) is 0 Å². The number of rotatable bonds is 2. The summed E-state index contributed by atoms with van der Waals surface area (Å²) < 4.78 is 0. The van der Waals surface area contributed by atoms with Gasteiger partial charge in [0.15, 0.2) is 0 Å². The van der Waals surface area contributed by atoms with Gasteiger partial charge in [-0.2, -0.15) is 0 Å². The highest BCUT2D eigenvalue weighted by Crippen LogP contribution is 2.47. The number of nitrogen functional groups attached to an aromatic ring is 1. The lowest BCUT2D eigenvalue weighted by Gasteiger charge is -2.24. The quantitative estimate of drug-likeness (QED) is 0.724. The molecule has 0 bridgehead atoms. The molecule has 1 aromatic rings. The maximum Gasteiger partial charge on any atom is 0.0905 e. The number of nitrogens with two attached hydrogens (primary N) is 1. The summed E-state index contributed by atoms with van der Waals surface area (Å²) in [4.78, 5) is 0. The average molecular weight is 203 g/mol. The van der Waals surface area contributed by atoms with Crippen molar-refractivity contribution in [1.29, 1.82) is 0 Å². The molecular weight excluding hydrogens is 186 g/mol. The molecule has 2 nitrogen and oxygen atoms in total. The van der Waals surface area contributed by atoms with Crippen LogP contribution in [0.4, 0.5) is 5.69 Å². The first-order valence-corrected chi connectivity index (χ1v) is 5.79. The Kier molecular flexibility index (Phi) is 1.84. The molecule has 1 unspecified atom stereocenters. The molecule has 0 saturated heterocycles. The fraction of sp³-hybridized carbons (Fsp3) is 0.538. The van der Waals surface area contributed by atoms with Crippen molar-refractivity contribution < 1.29 is 5.11 Å². The van der Waals surface area contributed by atoms with Crippen molar-refractivity contribution in [1.82, 2.24) is 0 Å². The minimum absolute atomic E-state index is 0.551. The minimum atomic E-state index is -0.551. The third-order valence-corrected chi connectivity index (χ3v) is 3.76. The second-order valence-corrected chi connectivity index (χ2v) is 5.10. The zero-order valence-corrected chi connectivity index (χ0v) is 8.87. The van der Waals surface area contributed by atoms with E-state index in [-0.39, 0.29) is 0 Å². The summed E-state index contributed by atoms with van der Waals surface area (Å²) in [6, 6.07) is 5.93. The first-order chi connectivity index (χ1) is 7.17. The van der Waals surface area contributed by atoms with Crippen LogP contribution in [-0.4, -0.2) is 5.11 Å². The standard InChI is InChI=1S/C13H17NO/c14-11-3-4-12-10(7-11)5-6-13(12,15)8-9-1-2-9/h3-4,7,9,15H,1-2,5-6,8,14H2. The lowest BCUT2D eigenvalue weighted by atomic mass is 9.90. The minimum Gasteiger partial charge on any atom is -0.399 e. The first kappa shape index (κ1) is 9.22. The summed E-state index contributed by atoms with van der Waals surface area (Å²) in [6.45, 7) is 0. The van der Waals surface area contributed by atoms with Crippen LogP contribution in [0.5, 0.6) is 0 Å². The summed E-state index contributed by atoms with van der Waals surface area (Å²) in [5.41, 5.74) is 8.39. The summed E-state index contributed by atoms with van der Waals surface area (Å²) in [6.07, 6.45) is 5.40. The van der Waals surface area contributed by atoms with E-state index in [4.69, 9.17) is 5.73 Å². The maximum absolute atomic E-state index is 10.6. The van der Waals surface area contributed by atoms with Crippen molar-refractivity contribution in [2.75, 3.05) is 5.73 Å². The highest BCUT2D eigenvalue weighted by molar-refractivity contribution is 5.49. The van der Waals surface area contributed by atoms with Crippen LogP contribution in [-0.2, 0) is 12.0 Å². The van der Waals surface area contributed by atoms with Crippen molar-refractivity contribution in [3.8, 4) is 0 Å². The predicted molar refractivity (Wildman–Crippen MR) is 60.4 cm³/mol. The number of hydrogen-bond acceptors (Lipinski definition) is 2. The maximum atomic E-state index is 10.6. The van der Waals surface area contributed by atoms with E-state index in [9.17, 15) is 5.11 Å². The lowest BCUT2D eigenvalue weighted by Crippen LogP contribution is -2.22. The third kappa shape index (κ3) is 1.53. The van der Waals surface area contributed by atoms with Gasteiger partial charge in [-0.05, 0) is 48.4 Å². The van der Waals surface area contributed by atoms with Gasteiger partial charge in [-0.15, -0.1) is 0 Å². The summed E-state index contributed by atoms with van der Waals surface area (Å²) in [5.74, 6) is 0.763. The van der Waals surface area contributed by atoms with Crippen LogP contribution in [0.15, 0.2) is 18.2 Å². The van der Waals surface area contributed by atoms with Crippen molar-refractivity contribution in [3.63, 3.8) is 0 Å². The van der Waals surface area contributed by atoms with Crippen LogP contribution < -0.4 is 5.73 Å². The molecule has 0 amide bonds. The molecule has 1 fully saturated rings. The van der Waals surface area contributed by atoms with Gasteiger partial charge < -0.3 is 10.8 Å². The molecule has 0 radical (unpaired) electrons. The Morgan fingerprint density at radius 2 is 2.20 bits per heavy atom. The molecule has 0 aliphatic heterocycles. The molecule has 0 spiro atoms. The van der Waals surface area contributed by atoms with Crippen LogP contribution in [0.3, 0.4) is 0 Å². The monoisotopic (exact) mass is 203 g/mol. The summed E-state index contributed by atoms with van der Waals surface area (Å²) in [7, 11) is 0. The van der Waals surface area contributed by atoms with Gasteiger partial charge in [0.25, 0.3) is 0 Å². The van der Waals surface area contributed by atoms with Gasteiger partial charge in [-0.3, -0.25) is 0 Å². The summed E-state index contributed by atoms with van der Waals surface area (Å²) in [5, 5.41) is 10.6. The lowest BCUT2D eigenvalue weighted by molar-refractivity contribution is 0.0237. The van der Waals surface area contributed by atoms with E-state index in [1.807, 2.05) is 18.2 Å². The van der Waals surface area contributed by atoms with E-state index in [2.05, 4.69) is 0 Å². The molecule has 3 rings (SSSR count). The Morgan fingerprint density at radius 3 is 2.93 bits per heavy atom. The largest absolute Gasteiger partial charge is 0.399 e. The number of anilines is 1. The molecule has 1 aromatic carbocycles. The summed E-state index contributed by atoms with van der Waals surface area (Å²) >= 11 is 0. The van der Waals surface area contributed by atoms with Crippen molar-refractivity contribution in [3.05, 3.63) is 29.3 Å². The molecule has 0 heterocycles. The predicted octanol–water partition coefficient (Wildman–Crippen LogP) is 2.20. The van der Waals surface area contributed by atoms with Gasteiger partial charge in [0.2, 0.25) is 0 Å². The fourth-order valence-electron chi connectivity index (χ4n) is 2.76. The molecule has 1 atom stereocenters. The van der Waals surface area contributed by atoms with Gasteiger partial charge in [-0.1, -0.05) is 18.9 Å². The zero-order chi connectivity index (χ0) is 10.5. The Labute approximate surface area is 90.1 Å². The molecule has 80 valence electrons. The molecule has 15 heavy (non-hydrogen) atoms. The van der Waals surface area contributed by atoms with Crippen molar-refractivity contribution >= 4 is 5.69 Å². The highest BCUT2D eigenvalue weighted by Gasteiger charge is 2.40. The van der Waals surface area contributed by atoms with E-state index in [1.54, 1.807) is 0 Å². The SMILES string of the molecule is Nc1ccc2c(c1)CCC2(O)CC1CC1. The van der Waals surface area contributed by atoms with Crippen LogP contribution in [0, 0.1) is 5.92 Å². The number of hydrogen-bond donors (Lipinski definition) is 2. The molecule has 3 N–H and O–H groups in total. The van der Waals surface area contributed by atoms with Gasteiger partial charge in [0.1, 0.15) is 0 Å². The Morgan fingerprint density at radius 1 is 1.40 bits per heavy atom. The normalized spacial score (nSPS) is 29.1. The fourth-order valence-corrected chi connectivity index (χ4v) is 2.76. The van der Waals surface area contributed by atoms with Gasteiger partial charge in [0, 0.05) is 5.69 Å². The zero-order valence-electron chi connectivity index (χ0n) is 8.87. The Hall–Kier alpha value is -1.02. The highest BCUT2D eigenvalue weighted by atomic mass is 16.3. The van der Waals surface area contributed by atoms with Gasteiger partial charge >= 0.3 is 0 Å². The van der Waals surface area contributed by atoms with E-state index < -0.39 is 5.60 Å². The first-order valence-electron chi connectivity index (χ1n) is 5.79. The van der Waals surface area contributed by atoms with Crippen molar-refractivity contribution in [2.24, 2.45) is 5.92 Å². The molecule has 0 aromatic heterocycles. The van der Waals surface area contributed by atoms with Gasteiger partial charge in [0.05, 0.1) is 5.60 Å².